The normalized spacial score (nSPS) is 17.1. The Hall–Kier alpha value is -2.25. The Balaban J connectivity index is 1.96. The van der Waals surface area contributed by atoms with E-state index in [1.54, 1.807) is 18.2 Å². The van der Waals surface area contributed by atoms with Crippen LogP contribution in [0.25, 0.3) is 0 Å². The van der Waals surface area contributed by atoms with Gasteiger partial charge in [0.2, 0.25) is 0 Å². The average molecular weight is 366 g/mol. The Morgan fingerprint density at radius 1 is 1.08 bits per heavy atom. The highest BCUT2D eigenvalue weighted by molar-refractivity contribution is 5.44. The molecular formula is C19H21F3N2O2. The van der Waals surface area contributed by atoms with Crippen molar-refractivity contribution < 1.29 is 23.0 Å². The highest BCUT2D eigenvalue weighted by atomic mass is 19.4. The zero-order valence-corrected chi connectivity index (χ0v) is 14.4. The van der Waals surface area contributed by atoms with Gasteiger partial charge in [-0.3, -0.25) is 4.90 Å². The Morgan fingerprint density at radius 2 is 1.73 bits per heavy atom. The van der Waals surface area contributed by atoms with Gasteiger partial charge >= 0.3 is 6.36 Å². The van der Waals surface area contributed by atoms with Crippen LogP contribution in [0.4, 0.5) is 13.2 Å². The Morgan fingerprint density at radius 3 is 2.35 bits per heavy atom. The largest absolute Gasteiger partial charge is 0.573 e. The summed E-state index contributed by atoms with van der Waals surface area (Å²) in [5, 5.41) is 13.7. The van der Waals surface area contributed by atoms with E-state index in [0.29, 0.717) is 0 Å². The van der Waals surface area contributed by atoms with Crippen LogP contribution >= 0.6 is 0 Å². The Labute approximate surface area is 150 Å². The van der Waals surface area contributed by atoms with Crippen LogP contribution in [0.1, 0.15) is 22.7 Å². The lowest BCUT2D eigenvalue weighted by atomic mass is 9.94. The van der Waals surface area contributed by atoms with Gasteiger partial charge in [0, 0.05) is 31.7 Å². The second-order valence-corrected chi connectivity index (χ2v) is 6.37. The van der Waals surface area contributed by atoms with Crippen LogP contribution < -0.4 is 10.1 Å². The first-order valence-electron chi connectivity index (χ1n) is 8.43. The summed E-state index contributed by atoms with van der Waals surface area (Å²) < 4.78 is 41.1. The highest BCUT2D eigenvalue weighted by Crippen LogP contribution is 2.36. The number of nitrogens with zero attached hydrogens (tertiary/aromatic N) is 1. The van der Waals surface area contributed by atoms with E-state index >= 15 is 0 Å². The summed E-state index contributed by atoms with van der Waals surface area (Å²) in [6, 6.07) is 11.0. The van der Waals surface area contributed by atoms with Gasteiger partial charge in [0.25, 0.3) is 0 Å². The Bertz CT molecular complexity index is 741. The minimum atomic E-state index is -4.71. The van der Waals surface area contributed by atoms with Crippen LogP contribution in [-0.4, -0.2) is 42.5 Å². The molecule has 4 nitrogen and oxygen atoms in total. The summed E-state index contributed by atoms with van der Waals surface area (Å²) in [5.41, 5.74) is 2.56. The van der Waals surface area contributed by atoms with E-state index in [-0.39, 0.29) is 17.5 Å². The number of aromatic hydroxyl groups is 1. The maximum absolute atomic E-state index is 12.4. The van der Waals surface area contributed by atoms with E-state index in [4.69, 9.17) is 0 Å². The van der Waals surface area contributed by atoms with E-state index in [1.165, 1.54) is 12.1 Å². The lowest BCUT2D eigenvalue weighted by molar-refractivity contribution is -0.274. The summed E-state index contributed by atoms with van der Waals surface area (Å²) in [6.45, 7) is 5.13. The van der Waals surface area contributed by atoms with Crippen LogP contribution in [0.15, 0.2) is 42.5 Å². The van der Waals surface area contributed by atoms with Gasteiger partial charge in [0.15, 0.2) is 0 Å². The van der Waals surface area contributed by atoms with Crippen molar-refractivity contribution in [1.82, 2.24) is 10.2 Å². The van der Waals surface area contributed by atoms with Gasteiger partial charge in [-0.1, -0.05) is 29.8 Å². The standard InChI is InChI=1S/C19H21F3N2O2/c1-13-2-7-17(25)16(12-13)18(24-10-8-23-9-11-24)14-3-5-15(6-4-14)26-19(20,21)22/h2-7,12,18,23,25H,8-11H2,1H3/t18-/m0/s1. The molecule has 0 unspecified atom stereocenters. The molecule has 0 bridgehead atoms. The molecule has 1 saturated heterocycles. The number of hydrogen-bond donors (Lipinski definition) is 2. The number of nitrogens with one attached hydrogen (secondary N) is 1. The van der Waals surface area contributed by atoms with Crippen LogP contribution in [0.3, 0.4) is 0 Å². The summed E-state index contributed by atoms with van der Waals surface area (Å²) in [5.74, 6) is -0.0801. The van der Waals surface area contributed by atoms with E-state index in [1.807, 2.05) is 19.1 Å². The molecule has 0 spiro atoms. The van der Waals surface area contributed by atoms with Gasteiger partial charge in [-0.15, -0.1) is 13.2 Å². The number of alkyl halides is 3. The van der Waals surface area contributed by atoms with Crippen LogP contribution in [0.2, 0.25) is 0 Å². The number of halogens is 3. The van der Waals surface area contributed by atoms with Crippen molar-refractivity contribution in [3.05, 3.63) is 59.2 Å². The molecule has 1 aliphatic heterocycles. The van der Waals surface area contributed by atoms with Crippen molar-refractivity contribution in [2.75, 3.05) is 26.2 Å². The van der Waals surface area contributed by atoms with Crippen LogP contribution in [0.5, 0.6) is 11.5 Å². The molecule has 26 heavy (non-hydrogen) atoms. The molecule has 1 atom stereocenters. The number of aryl methyl sites for hydroxylation is 1. The quantitative estimate of drug-likeness (QED) is 0.868. The minimum Gasteiger partial charge on any atom is -0.508 e. The topological polar surface area (TPSA) is 44.7 Å². The van der Waals surface area contributed by atoms with Crippen molar-refractivity contribution in [1.29, 1.82) is 0 Å². The van der Waals surface area contributed by atoms with Gasteiger partial charge < -0.3 is 15.2 Å². The lowest BCUT2D eigenvalue weighted by Crippen LogP contribution is -2.45. The fourth-order valence-corrected chi connectivity index (χ4v) is 3.27. The number of ether oxygens (including phenoxy) is 1. The molecule has 2 aromatic carbocycles. The number of benzene rings is 2. The maximum atomic E-state index is 12.4. The third kappa shape index (κ3) is 4.47. The van der Waals surface area contributed by atoms with Crippen LogP contribution in [0, 0.1) is 6.92 Å². The van der Waals surface area contributed by atoms with Gasteiger partial charge in [0.05, 0.1) is 6.04 Å². The van der Waals surface area contributed by atoms with Crippen molar-refractivity contribution in [2.24, 2.45) is 0 Å². The molecule has 1 heterocycles. The predicted octanol–water partition coefficient (Wildman–Crippen LogP) is 3.59. The van der Waals surface area contributed by atoms with E-state index in [2.05, 4.69) is 15.0 Å². The van der Waals surface area contributed by atoms with E-state index in [9.17, 15) is 18.3 Å². The van der Waals surface area contributed by atoms with Gasteiger partial charge in [-0.2, -0.15) is 0 Å². The maximum Gasteiger partial charge on any atom is 0.573 e. The molecule has 0 saturated carbocycles. The summed E-state index contributed by atoms with van der Waals surface area (Å²) >= 11 is 0. The zero-order valence-electron chi connectivity index (χ0n) is 14.4. The fraction of sp³-hybridized carbons (Fsp3) is 0.368. The first kappa shape index (κ1) is 18.5. The predicted molar refractivity (Wildman–Crippen MR) is 92.3 cm³/mol. The molecule has 1 aliphatic rings. The zero-order chi connectivity index (χ0) is 18.7. The smallest absolute Gasteiger partial charge is 0.508 e. The molecule has 3 rings (SSSR count). The first-order valence-corrected chi connectivity index (χ1v) is 8.43. The SMILES string of the molecule is Cc1ccc(O)c([C@H](c2ccc(OC(F)(F)F)cc2)N2CCNCC2)c1. The molecule has 0 radical (unpaired) electrons. The van der Waals surface area contributed by atoms with Crippen LogP contribution in [-0.2, 0) is 0 Å². The van der Waals surface area contributed by atoms with Crippen molar-refractivity contribution in [2.45, 2.75) is 19.3 Å². The molecule has 140 valence electrons. The molecule has 2 N–H and O–H groups in total. The first-order chi connectivity index (χ1) is 12.3. The fourth-order valence-electron chi connectivity index (χ4n) is 3.27. The monoisotopic (exact) mass is 366 g/mol. The van der Waals surface area contributed by atoms with Crippen molar-refractivity contribution in [3.8, 4) is 11.5 Å². The van der Waals surface area contributed by atoms with E-state index in [0.717, 1.165) is 42.9 Å². The second kappa shape index (κ2) is 7.55. The number of rotatable bonds is 4. The van der Waals surface area contributed by atoms with Crippen molar-refractivity contribution >= 4 is 0 Å². The lowest BCUT2D eigenvalue weighted by Gasteiger charge is -2.36. The molecule has 7 heteroatoms. The molecule has 2 aromatic rings. The molecule has 0 aliphatic carbocycles. The van der Waals surface area contributed by atoms with Gasteiger partial charge in [-0.05, 0) is 30.7 Å². The third-order valence-corrected chi connectivity index (χ3v) is 4.42. The third-order valence-electron chi connectivity index (χ3n) is 4.42. The average Bonchev–Trinajstić information content (AvgIpc) is 2.59. The number of phenolic OH excluding ortho intramolecular Hbond substituents is 1. The molecule has 0 amide bonds. The molecule has 0 aromatic heterocycles. The number of phenols is 1. The minimum absolute atomic E-state index is 0.176. The summed E-state index contributed by atoms with van der Waals surface area (Å²) in [7, 11) is 0. The van der Waals surface area contributed by atoms with Gasteiger partial charge in [-0.25, -0.2) is 0 Å². The second-order valence-electron chi connectivity index (χ2n) is 6.37. The molecule has 1 fully saturated rings. The molecular weight excluding hydrogens is 345 g/mol. The van der Waals surface area contributed by atoms with Gasteiger partial charge in [0.1, 0.15) is 11.5 Å². The summed E-state index contributed by atoms with van der Waals surface area (Å²) in [4.78, 5) is 2.21. The van der Waals surface area contributed by atoms with E-state index < -0.39 is 6.36 Å². The number of hydrogen-bond acceptors (Lipinski definition) is 4. The summed E-state index contributed by atoms with van der Waals surface area (Å²) in [6.07, 6.45) is -4.71. The van der Waals surface area contributed by atoms with Crippen molar-refractivity contribution in [3.63, 3.8) is 0 Å². The Kier molecular flexibility index (Phi) is 5.38. The highest BCUT2D eigenvalue weighted by Gasteiger charge is 2.31. The number of piperazine rings is 1.